The van der Waals surface area contributed by atoms with Crippen LogP contribution in [-0.4, -0.2) is 27.9 Å². The van der Waals surface area contributed by atoms with Gasteiger partial charge in [0.15, 0.2) is 5.82 Å². The van der Waals surface area contributed by atoms with E-state index in [0.29, 0.717) is 22.3 Å². The van der Waals surface area contributed by atoms with E-state index in [0.717, 1.165) is 5.82 Å². The van der Waals surface area contributed by atoms with Gasteiger partial charge in [-0.3, -0.25) is 0 Å². The number of carbonyl (C=O) groups is 1. The molecule has 0 saturated heterocycles. The largest absolute Gasteiger partial charge is 0.497 e. The topological polar surface area (TPSA) is 81.1 Å². The zero-order valence-electron chi connectivity index (χ0n) is 12.0. The molecule has 21 heavy (non-hydrogen) atoms. The van der Waals surface area contributed by atoms with Gasteiger partial charge in [-0.2, -0.15) is 0 Å². The van der Waals surface area contributed by atoms with E-state index in [-0.39, 0.29) is 12.6 Å². The van der Waals surface area contributed by atoms with Crippen molar-refractivity contribution in [2.45, 2.75) is 13.5 Å². The number of aryl methyl sites for hydroxylation is 1. The minimum atomic E-state index is -0.372. The van der Waals surface area contributed by atoms with Crippen LogP contribution >= 0.6 is 11.6 Å². The molecule has 0 spiro atoms. The molecule has 0 aliphatic heterocycles. The Hall–Kier alpha value is -2.28. The number of hydrogen-bond acceptors (Lipinski definition) is 4. The molecule has 0 aliphatic rings. The van der Waals surface area contributed by atoms with E-state index in [1.54, 1.807) is 29.9 Å². The van der Waals surface area contributed by atoms with Gasteiger partial charge in [0.25, 0.3) is 0 Å². The molecular weight excluding hydrogens is 294 g/mol. The van der Waals surface area contributed by atoms with Crippen molar-refractivity contribution in [2.24, 2.45) is 7.05 Å². The molecule has 1 aromatic heterocycles. The monoisotopic (exact) mass is 309 g/mol. The molecule has 2 N–H and O–H groups in total. The summed E-state index contributed by atoms with van der Waals surface area (Å²) in [4.78, 5) is 11.8. The van der Waals surface area contributed by atoms with Crippen molar-refractivity contribution in [1.29, 1.82) is 0 Å². The van der Waals surface area contributed by atoms with E-state index in [1.807, 2.05) is 14.0 Å². The normalized spacial score (nSPS) is 10.3. The highest BCUT2D eigenvalue weighted by Crippen LogP contribution is 2.26. The number of benzene rings is 1. The first-order valence-corrected chi connectivity index (χ1v) is 6.62. The van der Waals surface area contributed by atoms with E-state index in [4.69, 9.17) is 16.3 Å². The van der Waals surface area contributed by atoms with Gasteiger partial charge in [0.05, 0.1) is 24.4 Å². The van der Waals surface area contributed by atoms with Gasteiger partial charge < -0.3 is 19.9 Å². The lowest BCUT2D eigenvalue weighted by atomic mass is 10.3. The van der Waals surface area contributed by atoms with Crippen LogP contribution in [0.3, 0.4) is 0 Å². The molecule has 1 aromatic carbocycles. The molecule has 0 fully saturated rings. The van der Waals surface area contributed by atoms with Gasteiger partial charge in [-0.05, 0) is 19.1 Å². The van der Waals surface area contributed by atoms with Gasteiger partial charge in [0.2, 0.25) is 0 Å². The van der Waals surface area contributed by atoms with Crippen molar-refractivity contribution in [2.75, 3.05) is 12.4 Å². The molecule has 0 saturated carbocycles. The zero-order chi connectivity index (χ0) is 15.4. The Balaban J connectivity index is 1.94. The Bertz CT molecular complexity index is 656. The number of anilines is 1. The van der Waals surface area contributed by atoms with Gasteiger partial charge in [0, 0.05) is 13.1 Å². The summed E-state index contributed by atoms with van der Waals surface area (Å²) in [7, 11) is 3.39. The molecule has 0 unspecified atom stereocenters. The van der Waals surface area contributed by atoms with E-state index in [9.17, 15) is 4.79 Å². The molecule has 0 aliphatic carbocycles. The number of aromatic nitrogens is 3. The van der Waals surface area contributed by atoms with E-state index >= 15 is 0 Å². The molecule has 1 heterocycles. The number of rotatable bonds is 4. The molecule has 2 aromatic rings. The Morgan fingerprint density at radius 3 is 2.76 bits per heavy atom. The summed E-state index contributed by atoms with van der Waals surface area (Å²) in [6.45, 7) is 2.12. The van der Waals surface area contributed by atoms with Gasteiger partial charge >= 0.3 is 6.03 Å². The van der Waals surface area contributed by atoms with Crippen LogP contribution in [-0.2, 0) is 13.6 Å². The number of methoxy groups -OCH3 is 1. The maximum absolute atomic E-state index is 11.8. The molecule has 2 amide bonds. The second-order valence-corrected chi connectivity index (χ2v) is 4.78. The molecule has 0 radical (unpaired) electrons. The fourth-order valence-corrected chi connectivity index (χ4v) is 1.87. The SMILES string of the molecule is COc1ccc(NC(=O)NCc2nnc(C)n2C)c(Cl)c1. The summed E-state index contributed by atoms with van der Waals surface area (Å²) in [6.07, 6.45) is 0. The van der Waals surface area contributed by atoms with E-state index < -0.39 is 0 Å². The van der Waals surface area contributed by atoms with Gasteiger partial charge in [-0.15, -0.1) is 10.2 Å². The fraction of sp³-hybridized carbons (Fsp3) is 0.308. The number of halogens is 1. The predicted molar refractivity (Wildman–Crippen MR) is 79.6 cm³/mol. The highest BCUT2D eigenvalue weighted by atomic mass is 35.5. The predicted octanol–water partition coefficient (Wildman–Crippen LogP) is 2.11. The van der Waals surface area contributed by atoms with Crippen molar-refractivity contribution in [3.8, 4) is 5.75 Å². The summed E-state index contributed by atoms with van der Waals surface area (Å²) in [6, 6.07) is 4.65. The Kier molecular flexibility index (Phi) is 4.64. The van der Waals surface area contributed by atoms with Crippen LogP contribution in [0.2, 0.25) is 5.02 Å². The number of carbonyl (C=O) groups excluding carboxylic acids is 1. The van der Waals surface area contributed by atoms with Gasteiger partial charge in [0.1, 0.15) is 11.6 Å². The third kappa shape index (κ3) is 3.63. The fourth-order valence-electron chi connectivity index (χ4n) is 1.65. The van der Waals surface area contributed by atoms with E-state index in [1.165, 1.54) is 0 Å². The van der Waals surface area contributed by atoms with Crippen LogP contribution in [0, 0.1) is 6.92 Å². The number of nitrogens with zero attached hydrogens (tertiary/aromatic N) is 3. The lowest BCUT2D eigenvalue weighted by molar-refractivity contribution is 0.251. The lowest BCUT2D eigenvalue weighted by Gasteiger charge is -2.10. The Morgan fingerprint density at radius 1 is 1.43 bits per heavy atom. The van der Waals surface area contributed by atoms with Gasteiger partial charge in [-0.25, -0.2) is 4.79 Å². The lowest BCUT2D eigenvalue weighted by Crippen LogP contribution is -2.29. The number of amides is 2. The van der Waals surface area contributed by atoms with E-state index in [2.05, 4.69) is 20.8 Å². The second kappa shape index (κ2) is 6.45. The second-order valence-electron chi connectivity index (χ2n) is 4.38. The van der Waals surface area contributed by atoms with Crippen molar-refractivity contribution in [1.82, 2.24) is 20.1 Å². The molecule has 112 valence electrons. The summed E-state index contributed by atoms with van der Waals surface area (Å²) < 4.78 is 6.85. The summed E-state index contributed by atoms with van der Waals surface area (Å²) >= 11 is 6.05. The minimum absolute atomic E-state index is 0.275. The van der Waals surface area contributed by atoms with Crippen LogP contribution in [0.25, 0.3) is 0 Å². The molecular formula is C13H16ClN5O2. The van der Waals surface area contributed by atoms with Crippen molar-refractivity contribution < 1.29 is 9.53 Å². The quantitative estimate of drug-likeness (QED) is 0.906. The third-order valence-electron chi connectivity index (χ3n) is 3.01. The number of hydrogen-bond donors (Lipinski definition) is 2. The average molecular weight is 310 g/mol. The zero-order valence-corrected chi connectivity index (χ0v) is 12.7. The highest BCUT2D eigenvalue weighted by Gasteiger charge is 2.09. The maximum atomic E-state index is 11.8. The van der Waals surface area contributed by atoms with Crippen LogP contribution in [0.15, 0.2) is 18.2 Å². The highest BCUT2D eigenvalue weighted by molar-refractivity contribution is 6.33. The van der Waals surface area contributed by atoms with Crippen molar-refractivity contribution in [3.63, 3.8) is 0 Å². The molecule has 0 atom stereocenters. The van der Waals surface area contributed by atoms with Crippen molar-refractivity contribution >= 4 is 23.3 Å². The number of nitrogens with one attached hydrogen (secondary N) is 2. The smallest absolute Gasteiger partial charge is 0.319 e. The third-order valence-corrected chi connectivity index (χ3v) is 3.33. The molecule has 2 rings (SSSR count). The van der Waals surface area contributed by atoms with Crippen LogP contribution < -0.4 is 15.4 Å². The minimum Gasteiger partial charge on any atom is -0.497 e. The summed E-state index contributed by atoms with van der Waals surface area (Å²) in [5.41, 5.74) is 0.504. The number of ether oxygens (including phenoxy) is 1. The molecule has 0 bridgehead atoms. The standard InChI is InChI=1S/C13H16ClN5O2/c1-8-17-18-12(19(8)2)7-15-13(20)16-11-5-4-9(21-3)6-10(11)14/h4-6H,7H2,1-3H3,(H2,15,16,20). The first-order valence-electron chi connectivity index (χ1n) is 6.24. The Morgan fingerprint density at radius 2 is 2.19 bits per heavy atom. The van der Waals surface area contributed by atoms with Gasteiger partial charge in [-0.1, -0.05) is 11.6 Å². The molecule has 8 heteroatoms. The maximum Gasteiger partial charge on any atom is 0.319 e. The summed E-state index contributed by atoms with van der Waals surface area (Å²) in [5.74, 6) is 2.08. The first-order chi connectivity index (χ1) is 10.0. The van der Waals surface area contributed by atoms with Crippen LogP contribution in [0.1, 0.15) is 11.6 Å². The number of urea groups is 1. The summed E-state index contributed by atoms with van der Waals surface area (Å²) in [5, 5.41) is 13.6. The Labute approximate surface area is 127 Å². The molecule has 7 nitrogen and oxygen atoms in total. The van der Waals surface area contributed by atoms with Crippen LogP contribution in [0.5, 0.6) is 5.75 Å². The average Bonchev–Trinajstić information content (AvgIpc) is 2.79. The van der Waals surface area contributed by atoms with Crippen molar-refractivity contribution in [3.05, 3.63) is 34.9 Å². The first kappa shape index (κ1) is 15.1. The van der Waals surface area contributed by atoms with Crippen LogP contribution in [0.4, 0.5) is 10.5 Å².